The highest BCUT2D eigenvalue weighted by molar-refractivity contribution is 7.18. The third kappa shape index (κ3) is 4.02. The number of nitrogens with one attached hydrogen (secondary N) is 2. The summed E-state index contributed by atoms with van der Waals surface area (Å²) >= 11 is 1.65. The van der Waals surface area contributed by atoms with Gasteiger partial charge in [0.25, 0.3) is 0 Å². The predicted octanol–water partition coefficient (Wildman–Crippen LogP) is 2.69. The first kappa shape index (κ1) is 14.5. The van der Waals surface area contributed by atoms with E-state index in [-0.39, 0.29) is 5.91 Å². The lowest BCUT2D eigenvalue weighted by Gasteiger charge is -2.22. The normalized spacial score (nSPS) is 16.2. The van der Waals surface area contributed by atoms with Crippen molar-refractivity contribution in [2.24, 2.45) is 5.92 Å². The van der Waals surface area contributed by atoms with Crippen molar-refractivity contribution in [2.45, 2.75) is 32.2 Å². The first-order valence-electron chi connectivity index (χ1n) is 7.63. The number of hydrogen-bond acceptors (Lipinski definition) is 4. The molecule has 4 nitrogen and oxygen atoms in total. The highest BCUT2D eigenvalue weighted by Gasteiger charge is 2.14. The van der Waals surface area contributed by atoms with Crippen LogP contribution in [0, 0.1) is 5.92 Å². The number of thiazole rings is 1. The Morgan fingerprint density at radius 1 is 1.33 bits per heavy atom. The van der Waals surface area contributed by atoms with E-state index in [0.717, 1.165) is 30.0 Å². The molecule has 1 aromatic carbocycles. The average molecular weight is 303 g/mol. The minimum absolute atomic E-state index is 0.146. The van der Waals surface area contributed by atoms with Crippen LogP contribution in [0.25, 0.3) is 10.2 Å². The molecule has 1 fully saturated rings. The van der Waals surface area contributed by atoms with E-state index in [2.05, 4.69) is 21.7 Å². The maximum Gasteiger partial charge on any atom is 0.220 e. The molecule has 5 heteroatoms. The van der Waals surface area contributed by atoms with E-state index < -0.39 is 0 Å². The van der Waals surface area contributed by atoms with Gasteiger partial charge in [0.05, 0.1) is 16.8 Å². The van der Waals surface area contributed by atoms with Gasteiger partial charge in [-0.05, 0) is 50.4 Å². The van der Waals surface area contributed by atoms with Crippen molar-refractivity contribution in [1.29, 1.82) is 0 Å². The lowest BCUT2D eigenvalue weighted by atomic mass is 9.93. The third-order valence-electron chi connectivity index (χ3n) is 4.01. The summed E-state index contributed by atoms with van der Waals surface area (Å²) in [4.78, 5) is 16.5. The van der Waals surface area contributed by atoms with Crippen LogP contribution in [0.3, 0.4) is 0 Å². The predicted molar refractivity (Wildman–Crippen MR) is 86.3 cm³/mol. The Labute approximate surface area is 129 Å². The van der Waals surface area contributed by atoms with Crippen LogP contribution in [0.1, 0.15) is 30.7 Å². The van der Waals surface area contributed by atoms with Gasteiger partial charge in [-0.25, -0.2) is 4.98 Å². The molecule has 0 atom stereocenters. The van der Waals surface area contributed by atoms with Crippen LogP contribution >= 0.6 is 11.3 Å². The minimum atomic E-state index is 0.146. The molecule has 2 heterocycles. The summed E-state index contributed by atoms with van der Waals surface area (Å²) in [6, 6.07) is 8.08. The number of fused-ring (bicyclic) bond motifs is 1. The number of rotatable bonds is 5. The molecular weight excluding hydrogens is 282 g/mol. The first-order chi connectivity index (χ1) is 10.3. The summed E-state index contributed by atoms with van der Waals surface area (Å²) in [5.74, 6) is 0.854. The molecule has 0 spiro atoms. The van der Waals surface area contributed by atoms with Crippen molar-refractivity contribution in [3.8, 4) is 0 Å². The van der Waals surface area contributed by atoms with E-state index in [9.17, 15) is 4.79 Å². The third-order valence-corrected chi connectivity index (χ3v) is 5.05. The van der Waals surface area contributed by atoms with Crippen molar-refractivity contribution in [1.82, 2.24) is 15.6 Å². The maximum absolute atomic E-state index is 11.9. The number of carbonyl (C=O) groups excluding carboxylic acids is 1. The van der Waals surface area contributed by atoms with Crippen molar-refractivity contribution in [2.75, 3.05) is 13.1 Å². The van der Waals surface area contributed by atoms with Crippen molar-refractivity contribution >= 4 is 27.5 Å². The SMILES string of the molecule is O=C(CCC1CCNCC1)NCc1nc2ccccc2s1. The molecule has 0 radical (unpaired) electrons. The number of para-hydroxylation sites is 1. The zero-order valence-corrected chi connectivity index (χ0v) is 12.9. The fraction of sp³-hybridized carbons (Fsp3) is 0.500. The Bertz CT molecular complexity index is 571. The van der Waals surface area contributed by atoms with Crippen LogP contribution in [0.5, 0.6) is 0 Å². The fourth-order valence-corrected chi connectivity index (χ4v) is 3.67. The fourth-order valence-electron chi connectivity index (χ4n) is 2.76. The lowest BCUT2D eigenvalue weighted by Crippen LogP contribution is -2.29. The molecule has 1 aliphatic rings. The van der Waals surface area contributed by atoms with Gasteiger partial charge in [-0.2, -0.15) is 0 Å². The van der Waals surface area contributed by atoms with Crippen molar-refractivity contribution in [3.63, 3.8) is 0 Å². The van der Waals surface area contributed by atoms with Gasteiger partial charge in [0, 0.05) is 6.42 Å². The van der Waals surface area contributed by atoms with E-state index in [4.69, 9.17) is 0 Å². The Morgan fingerprint density at radius 2 is 2.14 bits per heavy atom. The zero-order valence-electron chi connectivity index (χ0n) is 12.1. The minimum Gasteiger partial charge on any atom is -0.350 e. The summed E-state index contributed by atoms with van der Waals surface area (Å²) in [6.45, 7) is 2.74. The number of hydrogen-bond donors (Lipinski definition) is 2. The van der Waals surface area contributed by atoms with Gasteiger partial charge < -0.3 is 10.6 Å². The van der Waals surface area contributed by atoms with Crippen LogP contribution in [-0.4, -0.2) is 24.0 Å². The molecule has 0 unspecified atom stereocenters. The second-order valence-electron chi connectivity index (χ2n) is 5.58. The van der Waals surface area contributed by atoms with Crippen LogP contribution in [0.2, 0.25) is 0 Å². The molecule has 3 rings (SSSR count). The first-order valence-corrected chi connectivity index (χ1v) is 8.45. The molecule has 1 saturated heterocycles. The van der Waals surface area contributed by atoms with Gasteiger partial charge in [0.2, 0.25) is 5.91 Å². The Kier molecular flexibility index (Phi) is 4.83. The van der Waals surface area contributed by atoms with Crippen molar-refractivity contribution in [3.05, 3.63) is 29.3 Å². The number of carbonyl (C=O) groups is 1. The topological polar surface area (TPSA) is 54.0 Å². The van der Waals surface area contributed by atoms with Gasteiger partial charge in [0.1, 0.15) is 5.01 Å². The van der Waals surface area contributed by atoms with E-state index in [1.165, 1.54) is 17.5 Å². The summed E-state index contributed by atoms with van der Waals surface area (Å²) in [7, 11) is 0. The number of benzene rings is 1. The molecule has 2 aromatic rings. The molecule has 0 aliphatic carbocycles. The summed E-state index contributed by atoms with van der Waals surface area (Å²) in [6.07, 6.45) is 4.04. The zero-order chi connectivity index (χ0) is 14.5. The van der Waals surface area contributed by atoms with Crippen LogP contribution in [0.15, 0.2) is 24.3 Å². The number of piperidine rings is 1. The standard InChI is InChI=1S/C16H21N3OS/c20-15(6-5-12-7-9-17-10-8-12)18-11-16-19-13-3-1-2-4-14(13)21-16/h1-4,12,17H,5-11H2,(H,18,20). The summed E-state index contributed by atoms with van der Waals surface area (Å²) in [5.41, 5.74) is 1.02. The van der Waals surface area contributed by atoms with Gasteiger partial charge in [0.15, 0.2) is 0 Å². The smallest absolute Gasteiger partial charge is 0.220 e. The Hall–Kier alpha value is -1.46. The van der Waals surface area contributed by atoms with Crippen LogP contribution in [-0.2, 0) is 11.3 Å². The molecular formula is C16H21N3OS. The van der Waals surface area contributed by atoms with Crippen LogP contribution < -0.4 is 10.6 Å². The number of nitrogens with zero attached hydrogens (tertiary/aromatic N) is 1. The summed E-state index contributed by atoms with van der Waals surface area (Å²) < 4.78 is 1.18. The largest absolute Gasteiger partial charge is 0.350 e. The molecule has 1 aromatic heterocycles. The second kappa shape index (κ2) is 7.00. The molecule has 0 bridgehead atoms. The van der Waals surface area contributed by atoms with Crippen LogP contribution in [0.4, 0.5) is 0 Å². The molecule has 0 saturated carbocycles. The van der Waals surface area contributed by atoms with E-state index in [1.807, 2.05) is 18.2 Å². The van der Waals surface area contributed by atoms with Gasteiger partial charge in [-0.1, -0.05) is 12.1 Å². The van der Waals surface area contributed by atoms with Gasteiger partial charge in [-0.3, -0.25) is 4.79 Å². The van der Waals surface area contributed by atoms with E-state index >= 15 is 0 Å². The average Bonchev–Trinajstić information content (AvgIpc) is 2.95. The van der Waals surface area contributed by atoms with Gasteiger partial charge >= 0.3 is 0 Å². The lowest BCUT2D eigenvalue weighted by molar-refractivity contribution is -0.121. The molecule has 1 amide bonds. The molecule has 21 heavy (non-hydrogen) atoms. The molecule has 2 N–H and O–H groups in total. The second-order valence-corrected chi connectivity index (χ2v) is 6.70. The van der Waals surface area contributed by atoms with E-state index in [0.29, 0.717) is 18.9 Å². The number of aromatic nitrogens is 1. The number of amides is 1. The van der Waals surface area contributed by atoms with Gasteiger partial charge in [-0.15, -0.1) is 11.3 Å². The summed E-state index contributed by atoms with van der Waals surface area (Å²) in [5, 5.41) is 7.33. The Morgan fingerprint density at radius 3 is 2.95 bits per heavy atom. The van der Waals surface area contributed by atoms with E-state index in [1.54, 1.807) is 11.3 Å². The quantitative estimate of drug-likeness (QED) is 0.893. The highest BCUT2D eigenvalue weighted by atomic mass is 32.1. The molecule has 112 valence electrons. The maximum atomic E-state index is 11.9. The Balaban J connectivity index is 1.44. The highest BCUT2D eigenvalue weighted by Crippen LogP contribution is 2.21. The molecule has 1 aliphatic heterocycles. The van der Waals surface area contributed by atoms with Crippen molar-refractivity contribution < 1.29 is 4.79 Å². The monoisotopic (exact) mass is 303 g/mol.